The Balaban J connectivity index is 2.74. The molecular formula is C13H27N3O. The van der Waals surface area contributed by atoms with E-state index in [0.29, 0.717) is 6.04 Å². The Morgan fingerprint density at radius 1 is 1.24 bits per heavy atom. The summed E-state index contributed by atoms with van der Waals surface area (Å²) in [6.07, 6.45) is 2.12. The average molecular weight is 241 g/mol. The van der Waals surface area contributed by atoms with Crippen LogP contribution >= 0.6 is 0 Å². The molecular weight excluding hydrogens is 214 g/mol. The number of likely N-dealkylation sites (N-methyl/N-ethyl adjacent to an activating group) is 1. The molecule has 4 nitrogen and oxygen atoms in total. The molecule has 1 saturated heterocycles. The Morgan fingerprint density at radius 3 is 2.41 bits per heavy atom. The molecule has 0 radical (unpaired) electrons. The van der Waals surface area contributed by atoms with Gasteiger partial charge in [0.15, 0.2) is 0 Å². The summed E-state index contributed by atoms with van der Waals surface area (Å²) >= 11 is 0. The monoisotopic (exact) mass is 241 g/mol. The van der Waals surface area contributed by atoms with Crippen LogP contribution < -0.4 is 0 Å². The molecule has 0 spiro atoms. The van der Waals surface area contributed by atoms with Crippen LogP contribution in [-0.2, 0) is 0 Å². The van der Waals surface area contributed by atoms with Gasteiger partial charge in [-0.05, 0) is 40.3 Å². The van der Waals surface area contributed by atoms with Crippen LogP contribution in [0.15, 0.2) is 0 Å². The molecule has 0 aromatic carbocycles. The zero-order valence-electron chi connectivity index (χ0n) is 11.8. The van der Waals surface area contributed by atoms with Crippen molar-refractivity contribution in [3.05, 3.63) is 0 Å². The molecule has 0 aliphatic carbocycles. The average Bonchev–Trinajstić information content (AvgIpc) is 2.51. The van der Waals surface area contributed by atoms with Crippen molar-refractivity contribution in [2.75, 3.05) is 39.8 Å². The van der Waals surface area contributed by atoms with E-state index in [4.69, 9.17) is 0 Å². The van der Waals surface area contributed by atoms with Gasteiger partial charge in [-0.25, -0.2) is 4.79 Å². The number of hydrogen-bond donors (Lipinski definition) is 0. The summed E-state index contributed by atoms with van der Waals surface area (Å²) in [4.78, 5) is 18.8. The number of carbonyl (C=O) groups excluding carboxylic acids is 1. The highest BCUT2D eigenvalue weighted by atomic mass is 16.2. The Labute approximate surface area is 106 Å². The highest BCUT2D eigenvalue weighted by Crippen LogP contribution is 2.14. The van der Waals surface area contributed by atoms with E-state index in [0.717, 1.165) is 45.6 Å². The maximum atomic E-state index is 12.4. The molecule has 1 aliphatic heterocycles. The van der Waals surface area contributed by atoms with Crippen molar-refractivity contribution in [2.45, 2.75) is 39.7 Å². The van der Waals surface area contributed by atoms with Crippen LogP contribution in [0.5, 0.6) is 0 Å². The third kappa shape index (κ3) is 3.60. The highest BCUT2D eigenvalue weighted by Gasteiger charge is 2.28. The van der Waals surface area contributed by atoms with Gasteiger partial charge in [-0.3, -0.25) is 0 Å². The molecule has 0 aromatic heterocycles. The first-order valence-electron chi connectivity index (χ1n) is 6.88. The van der Waals surface area contributed by atoms with Crippen molar-refractivity contribution in [3.63, 3.8) is 0 Å². The number of nitrogens with zero attached hydrogens (tertiary/aromatic N) is 3. The molecule has 1 fully saturated rings. The van der Waals surface area contributed by atoms with Crippen LogP contribution in [0.2, 0.25) is 0 Å². The van der Waals surface area contributed by atoms with Crippen LogP contribution in [0, 0.1) is 0 Å². The summed E-state index contributed by atoms with van der Waals surface area (Å²) in [5, 5.41) is 0. The Morgan fingerprint density at radius 2 is 1.88 bits per heavy atom. The molecule has 1 heterocycles. The van der Waals surface area contributed by atoms with Gasteiger partial charge in [0.25, 0.3) is 0 Å². The zero-order chi connectivity index (χ0) is 12.8. The van der Waals surface area contributed by atoms with Crippen LogP contribution in [0.1, 0.15) is 33.6 Å². The van der Waals surface area contributed by atoms with Crippen molar-refractivity contribution in [1.82, 2.24) is 14.7 Å². The van der Waals surface area contributed by atoms with Gasteiger partial charge in [-0.1, -0.05) is 6.92 Å². The maximum Gasteiger partial charge on any atom is 0.320 e. The van der Waals surface area contributed by atoms with Gasteiger partial charge >= 0.3 is 6.03 Å². The van der Waals surface area contributed by atoms with Crippen molar-refractivity contribution in [3.8, 4) is 0 Å². The summed E-state index contributed by atoms with van der Waals surface area (Å²) in [5.74, 6) is 0. The number of amides is 2. The molecule has 0 saturated carbocycles. The molecule has 4 heteroatoms. The molecule has 0 N–H and O–H groups in total. The Kier molecular flexibility index (Phi) is 5.75. The molecule has 0 aromatic rings. The molecule has 2 amide bonds. The first-order valence-corrected chi connectivity index (χ1v) is 6.88. The molecule has 0 bridgehead atoms. The molecule has 1 aliphatic rings. The predicted octanol–water partition coefficient (Wildman–Crippen LogP) is 1.86. The molecule has 1 unspecified atom stereocenters. The van der Waals surface area contributed by atoms with Gasteiger partial charge in [0.05, 0.1) is 0 Å². The highest BCUT2D eigenvalue weighted by molar-refractivity contribution is 5.74. The normalized spacial score (nSPS) is 22.4. The smallest absolute Gasteiger partial charge is 0.320 e. The first kappa shape index (κ1) is 14.3. The molecule has 100 valence electrons. The fraction of sp³-hybridized carbons (Fsp3) is 0.923. The summed E-state index contributed by atoms with van der Waals surface area (Å²) in [6.45, 7) is 10.9. The largest absolute Gasteiger partial charge is 0.325 e. The lowest BCUT2D eigenvalue weighted by atomic mass is 10.2. The van der Waals surface area contributed by atoms with Gasteiger partial charge in [0.1, 0.15) is 0 Å². The third-order valence-corrected chi connectivity index (χ3v) is 3.65. The van der Waals surface area contributed by atoms with E-state index < -0.39 is 0 Å². The van der Waals surface area contributed by atoms with E-state index in [1.807, 2.05) is 18.7 Å². The lowest BCUT2D eigenvalue weighted by molar-refractivity contribution is 0.134. The summed E-state index contributed by atoms with van der Waals surface area (Å²) in [5.41, 5.74) is 0. The summed E-state index contributed by atoms with van der Waals surface area (Å²) < 4.78 is 0. The van der Waals surface area contributed by atoms with Crippen LogP contribution in [0.25, 0.3) is 0 Å². The van der Waals surface area contributed by atoms with Crippen LogP contribution in [0.4, 0.5) is 4.79 Å². The lowest BCUT2D eigenvalue weighted by Gasteiger charge is -2.34. The topological polar surface area (TPSA) is 26.8 Å². The van der Waals surface area contributed by atoms with E-state index >= 15 is 0 Å². The van der Waals surface area contributed by atoms with E-state index in [-0.39, 0.29) is 6.03 Å². The second-order valence-electron chi connectivity index (χ2n) is 4.83. The third-order valence-electron chi connectivity index (χ3n) is 3.65. The number of hydrogen-bond acceptors (Lipinski definition) is 2. The van der Waals surface area contributed by atoms with E-state index in [9.17, 15) is 4.79 Å². The maximum absolute atomic E-state index is 12.4. The minimum atomic E-state index is 0.220. The Bertz CT molecular complexity index is 241. The van der Waals surface area contributed by atoms with Crippen molar-refractivity contribution >= 4 is 6.03 Å². The minimum absolute atomic E-state index is 0.220. The second kappa shape index (κ2) is 6.84. The van der Waals surface area contributed by atoms with E-state index in [1.165, 1.54) is 0 Å². The van der Waals surface area contributed by atoms with E-state index in [1.54, 1.807) is 0 Å². The molecule has 1 rings (SSSR count). The van der Waals surface area contributed by atoms with E-state index in [2.05, 4.69) is 23.8 Å². The van der Waals surface area contributed by atoms with Gasteiger partial charge in [-0.2, -0.15) is 0 Å². The standard InChI is InChI=1S/C13H27N3O/c1-5-12-11-14(4)9-8-10-16(12)13(17)15(6-2)7-3/h12H,5-11H2,1-4H3. The fourth-order valence-electron chi connectivity index (χ4n) is 2.52. The van der Waals surface area contributed by atoms with Gasteiger partial charge in [0, 0.05) is 32.2 Å². The molecule has 1 atom stereocenters. The SMILES string of the molecule is CCC1CN(C)CCCN1C(=O)N(CC)CC. The zero-order valence-corrected chi connectivity index (χ0v) is 11.8. The number of carbonyl (C=O) groups is 1. The number of urea groups is 1. The van der Waals surface area contributed by atoms with Crippen LogP contribution in [-0.4, -0.2) is 66.5 Å². The first-order chi connectivity index (χ1) is 8.13. The quantitative estimate of drug-likeness (QED) is 0.754. The lowest BCUT2D eigenvalue weighted by Crippen LogP contribution is -2.49. The number of rotatable bonds is 3. The van der Waals surface area contributed by atoms with Gasteiger partial charge < -0.3 is 14.7 Å². The van der Waals surface area contributed by atoms with Crippen molar-refractivity contribution in [2.24, 2.45) is 0 Å². The summed E-state index contributed by atoms with van der Waals surface area (Å²) in [7, 11) is 2.15. The van der Waals surface area contributed by atoms with Crippen LogP contribution in [0.3, 0.4) is 0 Å². The minimum Gasteiger partial charge on any atom is -0.325 e. The predicted molar refractivity (Wildman–Crippen MR) is 71.2 cm³/mol. The van der Waals surface area contributed by atoms with Gasteiger partial charge in [0.2, 0.25) is 0 Å². The molecule has 17 heavy (non-hydrogen) atoms. The van der Waals surface area contributed by atoms with Crippen molar-refractivity contribution in [1.29, 1.82) is 0 Å². The van der Waals surface area contributed by atoms with Crippen molar-refractivity contribution < 1.29 is 4.79 Å². The van der Waals surface area contributed by atoms with Gasteiger partial charge in [-0.15, -0.1) is 0 Å². The second-order valence-corrected chi connectivity index (χ2v) is 4.83. The summed E-state index contributed by atoms with van der Waals surface area (Å²) in [6, 6.07) is 0.591. The fourth-order valence-corrected chi connectivity index (χ4v) is 2.52. The Hall–Kier alpha value is -0.770.